The molecule has 2 amide bonds. The maximum atomic E-state index is 12.9. The molecule has 1 aromatic rings. The molecule has 1 rings (SSSR count). The summed E-state index contributed by atoms with van der Waals surface area (Å²) in [5, 5.41) is 22.1. The van der Waals surface area contributed by atoms with Crippen molar-refractivity contribution in [2.24, 2.45) is 5.92 Å². The predicted molar refractivity (Wildman–Crippen MR) is 64.9 cm³/mol. The number of anilines is 1. The second kappa shape index (κ2) is 6.35. The lowest BCUT2D eigenvalue weighted by Gasteiger charge is -2.10. The first kappa shape index (κ1) is 14.4. The number of hydrogen-bond acceptors (Lipinski definition) is 3. The van der Waals surface area contributed by atoms with Crippen LogP contribution in [0.5, 0.6) is 0 Å². The van der Waals surface area contributed by atoms with Gasteiger partial charge >= 0.3 is 12.0 Å². The Morgan fingerprint density at radius 2 is 2.21 bits per heavy atom. The summed E-state index contributed by atoms with van der Waals surface area (Å²) < 4.78 is 12.9. The number of benzene rings is 1. The van der Waals surface area contributed by atoms with Crippen LogP contribution in [0.4, 0.5) is 14.9 Å². The van der Waals surface area contributed by atoms with Crippen LogP contribution in [-0.4, -0.2) is 23.7 Å². The van der Waals surface area contributed by atoms with Crippen molar-refractivity contribution in [3.05, 3.63) is 29.6 Å². The first-order chi connectivity index (χ1) is 8.93. The topological polar surface area (TPSA) is 102 Å². The molecule has 6 nitrogen and oxygen atoms in total. The van der Waals surface area contributed by atoms with Crippen molar-refractivity contribution in [2.45, 2.75) is 6.92 Å². The Balaban J connectivity index is 2.63. The van der Waals surface area contributed by atoms with E-state index in [4.69, 9.17) is 10.4 Å². The molecule has 0 heterocycles. The van der Waals surface area contributed by atoms with Crippen molar-refractivity contribution >= 4 is 17.7 Å². The number of hydrogen-bond donors (Lipinski definition) is 3. The molecule has 3 N–H and O–H groups in total. The third kappa shape index (κ3) is 4.27. The number of carboxylic acid groups (broad SMARTS) is 1. The average molecular weight is 265 g/mol. The van der Waals surface area contributed by atoms with Crippen LogP contribution < -0.4 is 10.6 Å². The van der Waals surface area contributed by atoms with Crippen LogP contribution in [0.25, 0.3) is 0 Å². The molecule has 19 heavy (non-hydrogen) atoms. The molecule has 0 saturated carbocycles. The molecule has 7 heteroatoms. The zero-order valence-electron chi connectivity index (χ0n) is 10.1. The second-order valence-electron chi connectivity index (χ2n) is 3.88. The van der Waals surface area contributed by atoms with E-state index in [0.29, 0.717) is 0 Å². The van der Waals surface area contributed by atoms with Crippen molar-refractivity contribution in [3.63, 3.8) is 0 Å². The highest BCUT2D eigenvalue weighted by atomic mass is 19.1. The molecule has 1 aromatic carbocycles. The van der Waals surface area contributed by atoms with E-state index in [1.807, 2.05) is 0 Å². The molecule has 0 saturated heterocycles. The third-order valence-corrected chi connectivity index (χ3v) is 2.34. The van der Waals surface area contributed by atoms with Crippen LogP contribution >= 0.6 is 0 Å². The summed E-state index contributed by atoms with van der Waals surface area (Å²) in [5.41, 5.74) is 0.144. The van der Waals surface area contributed by atoms with Crippen LogP contribution in [0.1, 0.15) is 12.5 Å². The van der Waals surface area contributed by atoms with Gasteiger partial charge in [-0.2, -0.15) is 5.26 Å². The smallest absolute Gasteiger partial charge is 0.319 e. The summed E-state index contributed by atoms with van der Waals surface area (Å²) in [6.45, 7) is 1.39. The van der Waals surface area contributed by atoms with Gasteiger partial charge in [0, 0.05) is 6.54 Å². The Morgan fingerprint density at radius 1 is 1.53 bits per heavy atom. The molecule has 0 fully saturated rings. The molecule has 1 unspecified atom stereocenters. The summed E-state index contributed by atoms with van der Waals surface area (Å²) in [6, 6.07) is 4.45. The van der Waals surface area contributed by atoms with Gasteiger partial charge in [-0.05, 0) is 18.2 Å². The van der Waals surface area contributed by atoms with Gasteiger partial charge in [-0.25, -0.2) is 9.18 Å². The Kier molecular flexibility index (Phi) is 4.83. The van der Waals surface area contributed by atoms with E-state index in [1.165, 1.54) is 13.0 Å². The fourth-order valence-corrected chi connectivity index (χ4v) is 1.22. The Morgan fingerprint density at radius 3 is 2.79 bits per heavy atom. The van der Waals surface area contributed by atoms with E-state index in [1.54, 1.807) is 6.07 Å². The lowest BCUT2D eigenvalue weighted by molar-refractivity contribution is -0.140. The number of aliphatic carboxylic acids is 1. The van der Waals surface area contributed by atoms with Gasteiger partial charge in [0.05, 0.1) is 17.2 Å². The Bertz CT molecular complexity index is 540. The molecule has 0 aliphatic carbocycles. The van der Waals surface area contributed by atoms with Crippen molar-refractivity contribution < 1.29 is 19.1 Å². The lowest BCUT2D eigenvalue weighted by Crippen LogP contribution is -2.34. The molecule has 0 radical (unpaired) electrons. The summed E-state index contributed by atoms with van der Waals surface area (Å²) in [6.07, 6.45) is 0. The Hall–Kier alpha value is -2.62. The quantitative estimate of drug-likeness (QED) is 0.768. The fourth-order valence-electron chi connectivity index (χ4n) is 1.22. The molecule has 100 valence electrons. The van der Waals surface area contributed by atoms with Crippen LogP contribution in [-0.2, 0) is 4.79 Å². The number of urea groups is 1. The molecule has 1 atom stereocenters. The third-order valence-electron chi connectivity index (χ3n) is 2.34. The van der Waals surface area contributed by atoms with E-state index in [2.05, 4.69) is 10.6 Å². The van der Waals surface area contributed by atoms with Crippen molar-refractivity contribution in [1.29, 1.82) is 5.26 Å². The summed E-state index contributed by atoms with van der Waals surface area (Å²) in [4.78, 5) is 22.0. The summed E-state index contributed by atoms with van der Waals surface area (Å²) in [7, 11) is 0. The number of carboxylic acids is 1. The first-order valence-electron chi connectivity index (χ1n) is 5.41. The number of carbonyl (C=O) groups is 2. The van der Waals surface area contributed by atoms with Gasteiger partial charge < -0.3 is 15.7 Å². The van der Waals surface area contributed by atoms with Crippen molar-refractivity contribution in [1.82, 2.24) is 5.32 Å². The van der Waals surface area contributed by atoms with Gasteiger partial charge in [0.15, 0.2) is 0 Å². The van der Waals surface area contributed by atoms with Gasteiger partial charge in [-0.15, -0.1) is 0 Å². The molecular formula is C12H12FN3O3. The molecule has 0 aromatic heterocycles. The number of amides is 2. The van der Waals surface area contributed by atoms with Gasteiger partial charge in [0.1, 0.15) is 11.9 Å². The van der Waals surface area contributed by atoms with E-state index in [9.17, 15) is 14.0 Å². The van der Waals surface area contributed by atoms with Crippen molar-refractivity contribution in [3.8, 4) is 6.07 Å². The highest BCUT2D eigenvalue weighted by Gasteiger charge is 2.13. The van der Waals surface area contributed by atoms with E-state index >= 15 is 0 Å². The van der Waals surface area contributed by atoms with Gasteiger partial charge in [-0.1, -0.05) is 6.92 Å². The Labute approximate surface area is 108 Å². The maximum Gasteiger partial charge on any atom is 0.319 e. The molecule has 0 aliphatic rings. The minimum absolute atomic E-state index is 0.0126. The molecule has 0 aliphatic heterocycles. The normalized spacial score (nSPS) is 11.2. The largest absolute Gasteiger partial charge is 0.481 e. The van der Waals surface area contributed by atoms with Gasteiger partial charge in [0.2, 0.25) is 0 Å². The predicted octanol–water partition coefficient (Wildman–Crippen LogP) is 1.54. The van der Waals surface area contributed by atoms with Crippen LogP contribution in [0.15, 0.2) is 18.2 Å². The van der Waals surface area contributed by atoms with Gasteiger partial charge in [0.25, 0.3) is 0 Å². The number of nitrogens with zero attached hydrogens (tertiary/aromatic N) is 1. The van der Waals surface area contributed by atoms with E-state index in [-0.39, 0.29) is 17.8 Å². The average Bonchev–Trinajstić information content (AvgIpc) is 2.37. The van der Waals surface area contributed by atoms with E-state index < -0.39 is 23.7 Å². The number of halogens is 1. The van der Waals surface area contributed by atoms with E-state index in [0.717, 1.165) is 12.1 Å². The fraction of sp³-hybridized carbons (Fsp3) is 0.250. The second-order valence-corrected chi connectivity index (χ2v) is 3.88. The monoisotopic (exact) mass is 265 g/mol. The highest BCUT2D eigenvalue weighted by Crippen LogP contribution is 2.15. The van der Waals surface area contributed by atoms with Gasteiger partial charge in [-0.3, -0.25) is 4.79 Å². The maximum absolute atomic E-state index is 12.9. The summed E-state index contributed by atoms with van der Waals surface area (Å²) in [5.74, 6) is -2.34. The first-order valence-corrected chi connectivity index (χ1v) is 5.41. The number of rotatable bonds is 4. The minimum Gasteiger partial charge on any atom is -0.481 e. The standard InChI is InChI=1S/C12H12FN3O3/c1-7(11(17)18)6-15-12(19)16-10-3-2-9(13)4-8(10)5-14/h2-4,7H,6H2,1H3,(H,17,18)(H2,15,16,19). The highest BCUT2D eigenvalue weighted by molar-refractivity contribution is 5.91. The molecule has 0 bridgehead atoms. The minimum atomic E-state index is -1.03. The molecular weight excluding hydrogens is 253 g/mol. The zero-order valence-corrected chi connectivity index (χ0v) is 10.1. The SMILES string of the molecule is CC(CNC(=O)Nc1ccc(F)cc1C#N)C(=O)O. The number of nitrogens with one attached hydrogen (secondary N) is 2. The van der Waals surface area contributed by atoms with Crippen LogP contribution in [0.2, 0.25) is 0 Å². The zero-order chi connectivity index (χ0) is 14.4. The van der Waals surface area contributed by atoms with Crippen molar-refractivity contribution in [2.75, 3.05) is 11.9 Å². The van der Waals surface area contributed by atoms with Crippen LogP contribution in [0, 0.1) is 23.1 Å². The molecule has 0 spiro atoms. The lowest BCUT2D eigenvalue weighted by atomic mass is 10.2. The van der Waals surface area contributed by atoms with Crippen LogP contribution in [0.3, 0.4) is 0 Å². The number of carbonyl (C=O) groups excluding carboxylic acids is 1. The summed E-state index contributed by atoms with van der Waals surface area (Å²) >= 11 is 0. The number of nitriles is 1.